The Bertz CT molecular complexity index is 550. The molecule has 2 N–H and O–H groups in total. The highest BCUT2D eigenvalue weighted by Crippen LogP contribution is 2.26. The molecule has 0 aromatic carbocycles. The van der Waals surface area contributed by atoms with Crippen LogP contribution in [0.5, 0.6) is 0 Å². The zero-order valence-electron chi connectivity index (χ0n) is 11.0. The van der Waals surface area contributed by atoms with E-state index in [-0.39, 0.29) is 33.9 Å². The molecule has 2 atom stereocenters. The van der Waals surface area contributed by atoms with Gasteiger partial charge < -0.3 is 10.6 Å². The zero-order valence-corrected chi connectivity index (χ0v) is 12.5. The highest BCUT2D eigenvalue weighted by atomic mass is 35.5. The number of hydrogen-bond donors (Lipinski definition) is 1. The third-order valence-electron chi connectivity index (χ3n) is 3.60. The number of likely N-dealkylation sites (tertiary alicyclic amines) is 1. The van der Waals surface area contributed by atoms with Crippen LogP contribution in [-0.4, -0.2) is 34.3 Å². The number of carbonyl (C=O) groups is 2. The summed E-state index contributed by atoms with van der Waals surface area (Å²) in [6.45, 7) is 2.25. The van der Waals surface area contributed by atoms with Crippen molar-refractivity contribution in [1.29, 1.82) is 0 Å². The van der Waals surface area contributed by atoms with Crippen LogP contribution in [0.3, 0.4) is 0 Å². The largest absolute Gasteiger partial charge is 0.369 e. The van der Waals surface area contributed by atoms with E-state index >= 15 is 0 Å². The minimum absolute atomic E-state index is 0.0288. The van der Waals surface area contributed by atoms with Gasteiger partial charge in [-0.05, 0) is 25.8 Å². The van der Waals surface area contributed by atoms with Crippen LogP contribution in [0.15, 0.2) is 12.3 Å². The molecule has 1 saturated heterocycles. The first-order chi connectivity index (χ1) is 9.40. The van der Waals surface area contributed by atoms with Crippen molar-refractivity contribution in [2.24, 2.45) is 11.7 Å². The van der Waals surface area contributed by atoms with Gasteiger partial charge in [0.05, 0.1) is 16.5 Å². The standard InChI is InChI=1S/C13H15Cl2N3O2/c1-7-2-3-8(12(16)19)6-18(7)13(20)9-4-11(15)17-5-10(9)14/h4-5,7-8H,2-3,6H2,1H3,(H2,16,19). The van der Waals surface area contributed by atoms with E-state index in [1.807, 2.05) is 6.92 Å². The van der Waals surface area contributed by atoms with E-state index in [0.29, 0.717) is 18.5 Å². The van der Waals surface area contributed by atoms with E-state index in [4.69, 9.17) is 28.9 Å². The van der Waals surface area contributed by atoms with Crippen LogP contribution in [-0.2, 0) is 4.79 Å². The number of nitrogens with two attached hydrogens (primary N) is 1. The molecule has 1 aliphatic heterocycles. The lowest BCUT2D eigenvalue weighted by atomic mass is 9.92. The third-order valence-corrected chi connectivity index (χ3v) is 4.11. The van der Waals surface area contributed by atoms with Crippen LogP contribution >= 0.6 is 23.2 Å². The molecule has 7 heteroatoms. The number of amides is 2. The number of carbonyl (C=O) groups excluding carboxylic acids is 2. The smallest absolute Gasteiger partial charge is 0.255 e. The first-order valence-corrected chi connectivity index (χ1v) is 7.07. The van der Waals surface area contributed by atoms with Gasteiger partial charge >= 0.3 is 0 Å². The van der Waals surface area contributed by atoms with Crippen LogP contribution in [0.2, 0.25) is 10.2 Å². The van der Waals surface area contributed by atoms with Crippen molar-refractivity contribution in [3.63, 3.8) is 0 Å². The SMILES string of the molecule is CC1CCC(C(N)=O)CN1C(=O)c1cc(Cl)ncc1Cl. The van der Waals surface area contributed by atoms with Crippen LogP contribution < -0.4 is 5.73 Å². The summed E-state index contributed by atoms with van der Waals surface area (Å²) < 4.78 is 0. The quantitative estimate of drug-likeness (QED) is 0.849. The van der Waals surface area contributed by atoms with Crippen molar-refractivity contribution in [1.82, 2.24) is 9.88 Å². The van der Waals surface area contributed by atoms with Crippen LogP contribution in [0.4, 0.5) is 0 Å². The Hall–Kier alpha value is -1.33. The number of rotatable bonds is 2. The molecule has 2 amide bonds. The predicted octanol–water partition coefficient (Wildman–Crippen LogP) is 2.11. The summed E-state index contributed by atoms with van der Waals surface area (Å²) in [5.74, 6) is -0.947. The molecule has 0 aliphatic carbocycles. The Kier molecular flexibility index (Phi) is 4.50. The Balaban J connectivity index is 2.26. The van der Waals surface area contributed by atoms with Gasteiger partial charge in [0, 0.05) is 18.8 Å². The van der Waals surface area contributed by atoms with E-state index in [0.717, 1.165) is 6.42 Å². The average molecular weight is 316 g/mol. The molecule has 2 heterocycles. The summed E-state index contributed by atoms with van der Waals surface area (Å²) in [6, 6.07) is 1.47. The molecule has 2 rings (SSSR count). The molecule has 1 fully saturated rings. The third kappa shape index (κ3) is 3.04. The summed E-state index contributed by atoms with van der Waals surface area (Å²) in [7, 11) is 0. The second-order valence-corrected chi connectivity index (χ2v) is 5.76. The molecular weight excluding hydrogens is 301 g/mol. The van der Waals surface area contributed by atoms with Crippen LogP contribution in [0.1, 0.15) is 30.1 Å². The minimum Gasteiger partial charge on any atom is -0.369 e. The fourth-order valence-corrected chi connectivity index (χ4v) is 2.70. The molecule has 20 heavy (non-hydrogen) atoms. The summed E-state index contributed by atoms with van der Waals surface area (Å²) in [5, 5.41) is 0.446. The Morgan fingerprint density at radius 2 is 2.10 bits per heavy atom. The maximum atomic E-state index is 12.6. The van der Waals surface area contributed by atoms with Gasteiger partial charge in [0.15, 0.2) is 0 Å². The number of pyridine rings is 1. The highest BCUT2D eigenvalue weighted by Gasteiger charge is 2.32. The summed E-state index contributed by atoms with van der Waals surface area (Å²) in [4.78, 5) is 29.3. The Morgan fingerprint density at radius 3 is 2.75 bits per heavy atom. The van der Waals surface area contributed by atoms with E-state index in [9.17, 15) is 9.59 Å². The molecule has 0 spiro atoms. The molecule has 1 aromatic heterocycles. The fraction of sp³-hybridized carbons (Fsp3) is 0.462. The Morgan fingerprint density at radius 1 is 1.40 bits per heavy atom. The highest BCUT2D eigenvalue weighted by molar-refractivity contribution is 6.35. The molecular formula is C13H15Cl2N3O2. The number of aromatic nitrogens is 1. The summed E-state index contributed by atoms with van der Waals surface area (Å²) in [5.41, 5.74) is 5.63. The van der Waals surface area contributed by atoms with Gasteiger partial charge in [0.2, 0.25) is 5.91 Å². The van der Waals surface area contributed by atoms with Crippen molar-refractivity contribution in [2.75, 3.05) is 6.54 Å². The van der Waals surface area contributed by atoms with Gasteiger partial charge in [-0.25, -0.2) is 4.98 Å². The molecule has 0 bridgehead atoms. The monoisotopic (exact) mass is 315 g/mol. The fourth-order valence-electron chi connectivity index (χ4n) is 2.35. The zero-order chi connectivity index (χ0) is 14.9. The predicted molar refractivity (Wildman–Crippen MR) is 76.7 cm³/mol. The van der Waals surface area contributed by atoms with Crippen molar-refractivity contribution in [3.05, 3.63) is 28.0 Å². The molecule has 0 saturated carbocycles. The second kappa shape index (κ2) is 5.97. The number of primary amides is 1. The topological polar surface area (TPSA) is 76.3 Å². The van der Waals surface area contributed by atoms with Gasteiger partial charge in [0.25, 0.3) is 5.91 Å². The second-order valence-electron chi connectivity index (χ2n) is 4.97. The lowest BCUT2D eigenvalue weighted by Crippen LogP contribution is -2.48. The number of hydrogen-bond acceptors (Lipinski definition) is 3. The van der Waals surface area contributed by atoms with Crippen LogP contribution in [0.25, 0.3) is 0 Å². The number of halogens is 2. The van der Waals surface area contributed by atoms with Gasteiger partial charge in [0.1, 0.15) is 5.15 Å². The normalized spacial score (nSPS) is 22.6. The summed E-state index contributed by atoms with van der Waals surface area (Å²) in [6.07, 6.45) is 2.78. The maximum Gasteiger partial charge on any atom is 0.255 e. The van der Waals surface area contributed by atoms with Gasteiger partial charge in [-0.3, -0.25) is 9.59 Å². The first kappa shape index (κ1) is 15.1. The molecule has 0 radical (unpaired) electrons. The molecule has 108 valence electrons. The van der Waals surface area contributed by atoms with Crippen molar-refractivity contribution in [2.45, 2.75) is 25.8 Å². The summed E-state index contributed by atoms with van der Waals surface area (Å²) >= 11 is 11.8. The van der Waals surface area contributed by atoms with Gasteiger partial charge in [-0.2, -0.15) is 0 Å². The minimum atomic E-state index is -0.381. The van der Waals surface area contributed by atoms with E-state index in [1.54, 1.807) is 4.90 Å². The van der Waals surface area contributed by atoms with Crippen molar-refractivity contribution >= 4 is 35.0 Å². The maximum absolute atomic E-state index is 12.6. The number of piperidine rings is 1. The average Bonchev–Trinajstić information content (AvgIpc) is 2.41. The van der Waals surface area contributed by atoms with Crippen molar-refractivity contribution < 1.29 is 9.59 Å². The van der Waals surface area contributed by atoms with E-state index in [2.05, 4.69) is 4.98 Å². The molecule has 1 aromatic rings. The lowest BCUT2D eigenvalue weighted by Gasteiger charge is -2.37. The van der Waals surface area contributed by atoms with Crippen molar-refractivity contribution in [3.8, 4) is 0 Å². The Labute approximate surface area is 127 Å². The first-order valence-electron chi connectivity index (χ1n) is 6.31. The van der Waals surface area contributed by atoms with Gasteiger partial charge in [-0.1, -0.05) is 23.2 Å². The van der Waals surface area contributed by atoms with Crippen LogP contribution in [0, 0.1) is 5.92 Å². The molecule has 2 unspecified atom stereocenters. The lowest BCUT2D eigenvalue weighted by molar-refractivity contribution is -0.123. The van der Waals surface area contributed by atoms with Gasteiger partial charge in [-0.15, -0.1) is 0 Å². The van der Waals surface area contributed by atoms with E-state index in [1.165, 1.54) is 12.3 Å². The number of nitrogens with zero attached hydrogens (tertiary/aromatic N) is 2. The molecule has 1 aliphatic rings. The van der Waals surface area contributed by atoms with E-state index < -0.39 is 0 Å². The molecule has 5 nitrogen and oxygen atoms in total.